The third-order valence-corrected chi connectivity index (χ3v) is 5.94. The molecule has 0 bridgehead atoms. The number of amides is 2. The van der Waals surface area contributed by atoms with Gasteiger partial charge in [0.25, 0.3) is 11.8 Å². The van der Waals surface area contributed by atoms with Crippen LogP contribution >= 0.6 is 11.3 Å². The van der Waals surface area contributed by atoms with E-state index in [9.17, 15) is 18.4 Å². The van der Waals surface area contributed by atoms with Gasteiger partial charge in [0.2, 0.25) is 0 Å². The van der Waals surface area contributed by atoms with E-state index in [1.807, 2.05) is 36.4 Å². The maximum absolute atomic E-state index is 14.5. The summed E-state index contributed by atoms with van der Waals surface area (Å²) in [5.74, 6) is -3.06. The van der Waals surface area contributed by atoms with Crippen LogP contribution in [0.1, 0.15) is 4.88 Å². The first-order chi connectivity index (χ1) is 15.0. The first kappa shape index (κ1) is 19.1. The van der Waals surface area contributed by atoms with Crippen molar-refractivity contribution in [2.45, 2.75) is 0 Å². The fraction of sp³-hybridized carbons (Fsp3) is 0. The molecular weight excluding hydrogens is 418 g/mol. The van der Waals surface area contributed by atoms with Gasteiger partial charge in [-0.15, -0.1) is 11.3 Å². The summed E-state index contributed by atoms with van der Waals surface area (Å²) in [7, 11) is 0. The summed E-state index contributed by atoms with van der Waals surface area (Å²) >= 11 is 1.28. The smallest absolute Gasteiger partial charge is 0.282 e. The van der Waals surface area contributed by atoms with E-state index in [2.05, 4.69) is 5.32 Å². The zero-order chi connectivity index (χ0) is 21.5. The molecule has 1 aromatic heterocycles. The van der Waals surface area contributed by atoms with E-state index in [-0.39, 0.29) is 11.3 Å². The number of nitrogens with zero attached hydrogens (tertiary/aromatic N) is 1. The number of halogens is 2. The van der Waals surface area contributed by atoms with Gasteiger partial charge in [-0.1, -0.05) is 42.5 Å². The number of hydrogen-bond acceptors (Lipinski definition) is 4. The fourth-order valence-corrected chi connectivity index (χ4v) is 4.41. The Hall–Kier alpha value is -3.84. The van der Waals surface area contributed by atoms with E-state index < -0.39 is 29.1 Å². The summed E-state index contributed by atoms with van der Waals surface area (Å²) < 4.78 is 28.3. The van der Waals surface area contributed by atoms with Crippen molar-refractivity contribution in [1.82, 2.24) is 0 Å². The zero-order valence-electron chi connectivity index (χ0n) is 15.9. The van der Waals surface area contributed by atoms with Crippen molar-refractivity contribution in [2.24, 2.45) is 0 Å². The molecule has 0 saturated heterocycles. The average molecular weight is 432 g/mol. The fourth-order valence-electron chi connectivity index (χ4n) is 3.64. The molecule has 3 aromatic carbocycles. The van der Waals surface area contributed by atoms with Gasteiger partial charge in [0, 0.05) is 22.0 Å². The lowest BCUT2D eigenvalue weighted by atomic mass is 10.1. The van der Waals surface area contributed by atoms with Gasteiger partial charge in [0.15, 0.2) is 0 Å². The van der Waals surface area contributed by atoms with E-state index in [1.165, 1.54) is 11.3 Å². The molecule has 0 fully saturated rings. The Labute approximate surface area is 180 Å². The molecule has 0 atom stereocenters. The highest BCUT2D eigenvalue weighted by Gasteiger charge is 2.42. The highest BCUT2D eigenvalue weighted by molar-refractivity contribution is 7.11. The molecule has 0 unspecified atom stereocenters. The molecule has 5 rings (SSSR count). The number of rotatable bonds is 4. The Morgan fingerprint density at radius 2 is 1.65 bits per heavy atom. The summed E-state index contributed by atoms with van der Waals surface area (Å²) in [5, 5.41) is 6.69. The van der Waals surface area contributed by atoms with E-state index in [0.717, 1.165) is 29.0 Å². The number of anilines is 2. The van der Waals surface area contributed by atoms with Gasteiger partial charge in [-0.25, -0.2) is 13.7 Å². The van der Waals surface area contributed by atoms with Gasteiger partial charge in [-0.3, -0.25) is 9.59 Å². The van der Waals surface area contributed by atoms with Crippen LogP contribution < -0.4 is 10.2 Å². The van der Waals surface area contributed by atoms with Crippen molar-refractivity contribution in [3.8, 4) is 0 Å². The molecule has 0 radical (unpaired) electrons. The number of imide groups is 1. The SMILES string of the molecule is O=C1C(Nc2cccc3ccccc23)=C(c2cccs2)C(=O)N1c1cc(F)ccc1F. The summed E-state index contributed by atoms with van der Waals surface area (Å²) in [6.07, 6.45) is 0. The molecule has 0 saturated carbocycles. The van der Waals surface area contributed by atoms with Crippen molar-refractivity contribution < 1.29 is 18.4 Å². The van der Waals surface area contributed by atoms with Gasteiger partial charge in [-0.2, -0.15) is 0 Å². The Morgan fingerprint density at radius 1 is 0.839 bits per heavy atom. The molecule has 4 nitrogen and oxygen atoms in total. The number of benzene rings is 3. The van der Waals surface area contributed by atoms with Crippen LogP contribution in [-0.2, 0) is 9.59 Å². The van der Waals surface area contributed by atoms with Crippen LogP contribution in [-0.4, -0.2) is 11.8 Å². The van der Waals surface area contributed by atoms with E-state index >= 15 is 0 Å². The lowest BCUT2D eigenvalue weighted by Gasteiger charge is -2.16. The van der Waals surface area contributed by atoms with Crippen LogP contribution in [0.4, 0.5) is 20.2 Å². The number of carbonyl (C=O) groups is 2. The molecule has 1 aliphatic rings. The predicted molar refractivity (Wildman–Crippen MR) is 118 cm³/mol. The van der Waals surface area contributed by atoms with Crippen LogP contribution in [0.15, 0.2) is 83.9 Å². The lowest BCUT2D eigenvalue weighted by molar-refractivity contribution is -0.120. The predicted octanol–water partition coefficient (Wildman–Crippen LogP) is 5.58. The summed E-state index contributed by atoms with van der Waals surface area (Å²) in [6.45, 7) is 0. The molecule has 4 aromatic rings. The maximum atomic E-state index is 14.5. The highest BCUT2D eigenvalue weighted by atomic mass is 32.1. The van der Waals surface area contributed by atoms with Crippen molar-refractivity contribution >= 4 is 50.9 Å². The molecule has 2 heterocycles. The molecule has 2 amide bonds. The van der Waals surface area contributed by atoms with Crippen LogP contribution in [0, 0.1) is 11.6 Å². The molecule has 1 aliphatic heterocycles. The van der Waals surface area contributed by atoms with Crippen molar-refractivity contribution in [1.29, 1.82) is 0 Å². The second-order valence-electron chi connectivity index (χ2n) is 6.92. The second-order valence-corrected chi connectivity index (χ2v) is 7.87. The largest absolute Gasteiger partial charge is 0.350 e. The third-order valence-electron chi connectivity index (χ3n) is 5.05. The minimum Gasteiger partial charge on any atom is -0.350 e. The summed E-state index contributed by atoms with van der Waals surface area (Å²) in [5.41, 5.74) is 0.354. The monoisotopic (exact) mass is 432 g/mol. The Bertz CT molecular complexity index is 1370. The lowest BCUT2D eigenvalue weighted by Crippen LogP contribution is -2.33. The van der Waals surface area contributed by atoms with Gasteiger partial charge in [0.1, 0.15) is 17.3 Å². The molecule has 0 spiro atoms. The van der Waals surface area contributed by atoms with Crippen LogP contribution in [0.2, 0.25) is 0 Å². The first-order valence-electron chi connectivity index (χ1n) is 9.41. The number of carbonyl (C=O) groups excluding carboxylic acids is 2. The van der Waals surface area contributed by atoms with Gasteiger partial charge in [0.05, 0.1) is 11.3 Å². The Kier molecular flexibility index (Phi) is 4.60. The second kappa shape index (κ2) is 7.45. The molecule has 7 heteroatoms. The average Bonchev–Trinajstić information content (AvgIpc) is 3.37. The topological polar surface area (TPSA) is 49.4 Å². The summed E-state index contributed by atoms with van der Waals surface area (Å²) in [4.78, 5) is 27.8. The summed E-state index contributed by atoms with van der Waals surface area (Å²) in [6, 6.07) is 19.3. The minimum atomic E-state index is -0.861. The molecule has 31 heavy (non-hydrogen) atoms. The molecule has 1 N–H and O–H groups in total. The number of nitrogens with one attached hydrogen (secondary N) is 1. The Balaban J connectivity index is 1.66. The minimum absolute atomic E-state index is 0.0208. The van der Waals surface area contributed by atoms with Crippen molar-refractivity contribution in [2.75, 3.05) is 10.2 Å². The third kappa shape index (κ3) is 3.19. The molecule has 152 valence electrons. The van der Waals surface area contributed by atoms with Gasteiger partial charge in [-0.05, 0) is 35.0 Å². The zero-order valence-corrected chi connectivity index (χ0v) is 16.7. The number of thiophene rings is 1. The number of fused-ring (bicyclic) bond motifs is 1. The maximum Gasteiger partial charge on any atom is 0.282 e. The van der Waals surface area contributed by atoms with Gasteiger partial charge < -0.3 is 5.32 Å². The van der Waals surface area contributed by atoms with Crippen LogP contribution in [0.3, 0.4) is 0 Å². The number of hydrogen-bond donors (Lipinski definition) is 1. The van der Waals surface area contributed by atoms with E-state index in [0.29, 0.717) is 15.5 Å². The standard InChI is InChI=1S/C24H14F2N2O2S/c25-15-10-11-17(26)19(13-15)28-23(29)21(20-9-4-12-31-20)22(24(28)30)27-18-8-3-6-14-5-1-2-7-16(14)18/h1-13,27H. The van der Waals surface area contributed by atoms with Crippen molar-refractivity contribution in [3.63, 3.8) is 0 Å². The normalized spacial score (nSPS) is 14.1. The molecular formula is C24H14F2N2O2S. The van der Waals surface area contributed by atoms with Crippen LogP contribution in [0.25, 0.3) is 16.3 Å². The first-order valence-corrected chi connectivity index (χ1v) is 10.3. The van der Waals surface area contributed by atoms with Gasteiger partial charge >= 0.3 is 0 Å². The van der Waals surface area contributed by atoms with E-state index in [4.69, 9.17) is 0 Å². The van der Waals surface area contributed by atoms with E-state index in [1.54, 1.807) is 23.6 Å². The Morgan fingerprint density at radius 3 is 2.45 bits per heavy atom. The van der Waals surface area contributed by atoms with Crippen molar-refractivity contribution in [3.05, 3.63) is 100 Å². The quantitative estimate of drug-likeness (QED) is 0.429. The van der Waals surface area contributed by atoms with Crippen LogP contribution in [0.5, 0.6) is 0 Å². The molecule has 0 aliphatic carbocycles. The highest BCUT2D eigenvalue weighted by Crippen LogP contribution is 2.37.